The average molecular weight is 254 g/mol. The summed E-state index contributed by atoms with van der Waals surface area (Å²) in [4.78, 5) is 0. The first-order chi connectivity index (χ1) is 4.09. The first-order valence-electron chi connectivity index (χ1n) is 3.37. The first kappa shape index (κ1) is 9.69. The summed E-state index contributed by atoms with van der Waals surface area (Å²) in [5, 5.41) is 1.61. The third-order valence-corrected chi connectivity index (χ3v) is 4.22. The Balaban J connectivity index is 4.02. The zero-order chi connectivity index (χ0) is 7.44. The van der Waals surface area contributed by atoms with Crippen molar-refractivity contribution < 1.29 is 0 Å². The van der Waals surface area contributed by atoms with Crippen LogP contribution in [0.3, 0.4) is 0 Å². The van der Waals surface area contributed by atoms with Gasteiger partial charge in [0.15, 0.2) is 0 Å². The molecule has 54 valence electrons. The van der Waals surface area contributed by atoms with E-state index < -0.39 is 0 Å². The quantitative estimate of drug-likeness (QED) is 0.401. The van der Waals surface area contributed by atoms with Crippen molar-refractivity contribution in [3.63, 3.8) is 0 Å². The van der Waals surface area contributed by atoms with Crippen LogP contribution in [0, 0.1) is 0 Å². The number of halogens is 1. The van der Waals surface area contributed by atoms with Crippen LogP contribution in [0.25, 0.3) is 0 Å². The maximum Gasteiger partial charge on any atom is 0.0329 e. The third-order valence-electron chi connectivity index (χ3n) is 1.62. The maximum absolute atomic E-state index is 2.51. The summed E-state index contributed by atoms with van der Waals surface area (Å²) in [6, 6.07) is 0. The minimum atomic E-state index is 0.778. The molecular weight excluding hydrogens is 239 g/mol. The molecule has 2 heteroatoms. The number of alkyl halides is 1. The van der Waals surface area contributed by atoms with Crippen molar-refractivity contribution in [3.05, 3.63) is 10.8 Å². The van der Waals surface area contributed by atoms with Crippen LogP contribution in [0.5, 0.6) is 0 Å². The molecule has 1 atom stereocenters. The van der Waals surface area contributed by atoms with Crippen LogP contribution in [0.4, 0.5) is 0 Å². The van der Waals surface area contributed by atoms with Gasteiger partial charge in [0.2, 0.25) is 0 Å². The Bertz CT molecular complexity index is 114. The molecule has 0 saturated heterocycles. The molecule has 9 heavy (non-hydrogen) atoms. The molecule has 0 N–H and O–H groups in total. The summed E-state index contributed by atoms with van der Waals surface area (Å²) in [7, 11) is 1.23. The minimum absolute atomic E-state index is 0.778. The summed E-state index contributed by atoms with van der Waals surface area (Å²) in [5.74, 6) is 0. The Kier molecular flexibility index (Phi) is 4.84. The highest BCUT2D eigenvalue weighted by molar-refractivity contribution is 14.1. The lowest BCUT2D eigenvalue weighted by Crippen LogP contribution is -1.99. The van der Waals surface area contributed by atoms with E-state index in [1.165, 1.54) is 16.7 Å². The van der Waals surface area contributed by atoms with Gasteiger partial charge in [-0.3, -0.25) is 0 Å². The second kappa shape index (κ2) is 4.49. The monoisotopic (exact) mass is 254 g/mol. The highest BCUT2D eigenvalue weighted by Crippen LogP contribution is 2.17. The summed E-state index contributed by atoms with van der Waals surface area (Å²) < 4.78 is 0.778. The van der Waals surface area contributed by atoms with Gasteiger partial charge in [-0.25, -0.2) is 0 Å². The van der Waals surface area contributed by atoms with Gasteiger partial charge < -0.3 is 0 Å². The van der Waals surface area contributed by atoms with Crippen molar-refractivity contribution in [2.45, 2.75) is 31.1 Å². The van der Waals surface area contributed by atoms with E-state index in [9.17, 15) is 0 Å². The van der Waals surface area contributed by atoms with Crippen LogP contribution in [-0.4, -0.2) is 14.2 Å². The van der Waals surface area contributed by atoms with Crippen molar-refractivity contribution >= 4 is 32.8 Å². The normalized spacial score (nSPS) is 17.3. The topological polar surface area (TPSA) is 0 Å². The average Bonchev–Trinajstić information content (AvgIpc) is 1.84. The molecule has 1 unspecified atom stereocenters. The van der Waals surface area contributed by atoms with Crippen LogP contribution in [0.15, 0.2) is 10.8 Å². The number of hydrogen-bond donors (Lipinski definition) is 0. The second-order valence-corrected chi connectivity index (χ2v) is 5.56. The molecule has 0 amide bonds. The van der Waals surface area contributed by atoms with E-state index in [1.54, 1.807) is 10.8 Å². The van der Waals surface area contributed by atoms with E-state index in [-0.39, 0.29) is 0 Å². The van der Waals surface area contributed by atoms with Gasteiger partial charge in [0, 0.05) is 14.2 Å². The van der Waals surface area contributed by atoms with Crippen LogP contribution in [-0.2, 0) is 0 Å². The largest absolute Gasteiger partial charge is 0.0948 e. The fraction of sp³-hybridized carbons (Fsp3) is 0.714. The predicted octanol–water partition coefficient (Wildman–Crippen LogP) is 1.86. The smallest absolute Gasteiger partial charge is 0.0329 e. The van der Waals surface area contributed by atoms with Crippen molar-refractivity contribution in [2.24, 2.45) is 0 Å². The molecule has 0 aliphatic heterocycles. The van der Waals surface area contributed by atoms with Gasteiger partial charge >= 0.3 is 0 Å². The van der Waals surface area contributed by atoms with Crippen LogP contribution in [0.1, 0.15) is 27.2 Å². The summed E-state index contributed by atoms with van der Waals surface area (Å²) >= 11 is 2.51. The van der Waals surface area contributed by atoms with E-state index >= 15 is 0 Å². The Morgan fingerprint density at radius 1 is 1.56 bits per heavy atom. The number of allylic oxidation sites excluding steroid dienone is 2. The fourth-order valence-corrected chi connectivity index (χ4v) is 2.18. The van der Waals surface area contributed by atoms with Crippen LogP contribution in [0.2, 0.25) is 0 Å². The van der Waals surface area contributed by atoms with E-state index in [2.05, 4.69) is 43.4 Å². The van der Waals surface area contributed by atoms with E-state index in [4.69, 9.17) is 0 Å². The molecule has 0 fully saturated rings. The highest BCUT2D eigenvalue weighted by Gasteiger charge is 2.02. The molecule has 0 heterocycles. The van der Waals surface area contributed by atoms with Gasteiger partial charge in [0.05, 0.1) is 0 Å². The lowest BCUT2D eigenvalue weighted by atomic mass is 10.2. The molecule has 0 radical (unpaired) electrons. The molecule has 0 rings (SSSR count). The Morgan fingerprint density at radius 2 is 2.00 bits per heavy atom. The molecule has 0 aromatic heterocycles. The molecule has 0 aliphatic carbocycles. The Morgan fingerprint density at radius 3 is 2.11 bits per heavy atom. The van der Waals surface area contributed by atoms with Crippen LogP contribution >= 0.6 is 22.6 Å². The Hall–Kier alpha value is 0.687. The zero-order valence-electron chi connectivity index (χ0n) is 6.66. The van der Waals surface area contributed by atoms with Crippen molar-refractivity contribution in [1.29, 1.82) is 0 Å². The standard InChI is InChI=1S/C7H15ISi/c1-4-7(8)5(2)6(3)9/h7H,4H2,1-3,9H3. The van der Waals surface area contributed by atoms with Crippen molar-refractivity contribution in [2.75, 3.05) is 0 Å². The molecule has 0 aliphatic rings. The molecular formula is C7H15ISi. The van der Waals surface area contributed by atoms with E-state index in [1.807, 2.05) is 0 Å². The van der Waals surface area contributed by atoms with Gasteiger partial charge in [-0.05, 0) is 20.3 Å². The predicted molar refractivity (Wildman–Crippen MR) is 56.4 cm³/mol. The maximum atomic E-state index is 2.51. The summed E-state index contributed by atoms with van der Waals surface area (Å²) in [6.45, 7) is 6.73. The first-order valence-corrected chi connectivity index (χ1v) is 5.62. The zero-order valence-corrected chi connectivity index (χ0v) is 10.8. The Labute approximate surface area is 74.7 Å². The molecule has 0 spiro atoms. The SMILES string of the molecule is CCC(I)C(C)=C(C)[SiH3]. The fourth-order valence-electron chi connectivity index (χ4n) is 0.619. The van der Waals surface area contributed by atoms with Gasteiger partial charge in [0.25, 0.3) is 0 Å². The van der Waals surface area contributed by atoms with Crippen molar-refractivity contribution in [1.82, 2.24) is 0 Å². The van der Waals surface area contributed by atoms with Gasteiger partial charge in [0.1, 0.15) is 0 Å². The second-order valence-electron chi connectivity index (χ2n) is 2.56. The lowest BCUT2D eigenvalue weighted by Gasteiger charge is -2.08. The van der Waals surface area contributed by atoms with E-state index in [0.717, 1.165) is 3.92 Å². The van der Waals surface area contributed by atoms with E-state index in [0.29, 0.717) is 0 Å². The molecule has 0 aromatic rings. The lowest BCUT2D eigenvalue weighted by molar-refractivity contribution is 0.948. The van der Waals surface area contributed by atoms with Crippen LogP contribution < -0.4 is 0 Å². The number of hydrogen-bond acceptors (Lipinski definition) is 0. The highest BCUT2D eigenvalue weighted by atomic mass is 127. The van der Waals surface area contributed by atoms with Gasteiger partial charge in [-0.15, -0.1) is 0 Å². The molecule has 0 nitrogen and oxygen atoms in total. The number of rotatable bonds is 2. The molecule has 0 bridgehead atoms. The molecule has 0 saturated carbocycles. The summed E-state index contributed by atoms with van der Waals surface area (Å²) in [5.41, 5.74) is 1.60. The summed E-state index contributed by atoms with van der Waals surface area (Å²) in [6.07, 6.45) is 1.27. The molecule has 0 aromatic carbocycles. The minimum Gasteiger partial charge on any atom is -0.0948 e. The third kappa shape index (κ3) is 3.40. The van der Waals surface area contributed by atoms with Gasteiger partial charge in [-0.1, -0.05) is 40.3 Å². The van der Waals surface area contributed by atoms with Crippen molar-refractivity contribution in [3.8, 4) is 0 Å². The van der Waals surface area contributed by atoms with Gasteiger partial charge in [-0.2, -0.15) is 0 Å².